The van der Waals surface area contributed by atoms with Gasteiger partial charge in [-0.2, -0.15) is 0 Å². The maximum absolute atomic E-state index is 10.7. The highest BCUT2D eigenvalue weighted by Crippen LogP contribution is 2.30. The van der Waals surface area contributed by atoms with Crippen LogP contribution in [-0.2, 0) is 0 Å². The second kappa shape index (κ2) is 6.22. The molecule has 0 unspecified atom stereocenters. The summed E-state index contributed by atoms with van der Waals surface area (Å²) in [6.07, 6.45) is -5.04. The van der Waals surface area contributed by atoms with Gasteiger partial charge >= 0.3 is 0 Å². The number of β-amino-alcohol motifs (C(OH)–C–C–N with tert-alkyl or cyclic N) is 1. The standard InChI is InChI=1S/C13H18N2O5S/c16-6-9(17)10(18)11(19)13(20)7-14-12(21)15(13)8-4-2-1-3-5-8/h1-5,9-11,16-20H,6-7H2,(H,14,21)/t9-,10-,11+,13-/m1/s1. The summed E-state index contributed by atoms with van der Waals surface area (Å²) in [6, 6.07) is 8.64. The number of aliphatic hydroxyl groups excluding tert-OH is 4. The molecule has 1 aliphatic rings. The van der Waals surface area contributed by atoms with Gasteiger partial charge in [-0.05, 0) is 24.4 Å². The molecule has 0 saturated carbocycles. The third kappa shape index (κ3) is 2.86. The number of hydrogen-bond acceptors (Lipinski definition) is 6. The molecule has 0 bridgehead atoms. The lowest BCUT2D eigenvalue weighted by Crippen LogP contribution is -2.62. The Bertz CT molecular complexity index is 503. The molecule has 7 nitrogen and oxygen atoms in total. The van der Waals surface area contributed by atoms with Crippen molar-refractivity contribution in [2.75, 3.05) is 18.1 Å². The Hall–Kier alpha value is -1.29. The molecule has 21 heavy (non-hydrogen) atoms. The number of nitrogens with one attached hydrogen (secondary N) is 1. The lowest BCUT2D eigenvalue weighted by molar-refractivity contribution is -0.148. The van der Waals surface area contributed by atoms with E-state index in [4.69, 9.17) is 17.3 Å². The number of hydrogen-bond donors (Lipinski definition) is 6. The van der Waals surface area contributed by atoms with Crippen molar-refractivity contribution < 1.29 is 25.5 Å². The summed E-state index contributed by atoms with van der Waals surface area (Å²) in [7, 11) is 0. The number of nitrogens with zero attached hydrogens (tertiary/aromatic N) is 1. The van der Waals surface area contributed by atoms with Crippen LogP contribution >= 0.6 is 12.2 Å². The van der Waals surface area contributed by atoms with Gasteiger partial charge in [0, 0.05) is 5.69 Å². The third-order valence-electron chi connectivity index (χ3n) is 3.48. The molecule has 8 heteroatoms. The molecule has 1 heterocycles. The zero-order chi connectivity index (χ0) is 15.6. The average molecular weight is 314 g/mol. The first-order valence-electron chi connectivity index (χ1n) is 6.42. The molecule has 0 spiro atoms. The van der Waals surface area contributed by atoms with Crippen LogP contribution in [0.5, 0.6) is 0 Å². The summed E-state index contributed by atoms with van der Waals surface area (Å²) in [6.45, 7) is -0.866. The molecular weight excluding hydrogens is 296 g/mol. The van der Waals surface area contributed by atoms with E-state index in [1.807, 2.05) is 0 Å². The van der Waals surface area contributed by atoms with Gasteiger partial charge in [0.05, 0.1) is 13.2 Å². The quantitative estimate of drug-likeness (QED) is 0.351. The largest absolute Gasteiger partial charge is 0.394 e. The van der Waals surface area contributed by atoms with E-state index in [-0.39, 0.29) is 11.7 Å². The van der Waals surface area contributed by atoms with Crippen molar-refractivity contribution in [2.24, 2.45) is 0 Å². The SMILES string of the molecule is OC[C@@H](O)[C@@H](O)[C@H](O)[C@]1(O)CNC(=S)N1c1ccccc1. The van der Waals surface area contributed by atoms with E-state index in [1.54, 1.807) is 30.3 Å². The minimum Gasteiger partial charge on any atom is -0.394 e. The van der Waals surface area contributed by atoms with Gasteiger partial charge in [-0.25, -0.2) is 0 Å². The number of aliphatic hydroxyl groups is 5. The van der Waals surface area contributed by atoms with E-state index in [9.17, 15) is 20.4 Å². The highest BCUT2D eigenvalue weighted by Gasteiger charge is 2.52. The summed E-state index contributed by atoms with van der Waals surface area (Å²) in [5, 5.41) is 52.0. The van der Waals surface area contributed by atoms with Crippen LogP contribution in [0.25, 0.3) is 0 Å². The van der Waals surface area contributed by atoms with Crippen LogP contribution in [0.4, 0.5) is 5.69 Å². The predicted octanol–water partition coefficient (Wildman–Crippen LogP) is -1.86. The zero-order valence-electron chi connectivity index (χ0n) is 11.1. The normalized spacial score (nSPS) is 26.3. The van der Waals surface area contributed by atoms with Crippen LogP contribution in [0.15, 0.2) is 30.3 Å². The fourth-order valence-electron chi connectivity index (χ4n) is 2.29. The number of para-hydroxylation sites is 1. The molecule has 1 aliphatic heterocycles. The summed E-state index contributed by atoms with van der Waals surface area (Å²) >= 11 is 5.12. The molecule has 0 aliphatic carbocycles. The third-order valence-corrected chi connectivity index (χ3v) is 3.81. The van der Waals surface area contributed by atoms with E-state index >= 15 is 0 Å². The Labute approximate surface area is 127 Å². The van der Waals surface area contributed by atoms with E-state index in [0.717, 1.165) is 0 Å². The summed E-state index contributed by atoms with van der Waals surface area (Å²) < 4.78 is 0. The number of anilines is 1. The van der Waals surface area contributed by atoms with Gasteiger partial charge in [-0.15, -0.1) is 0 Å². The molecule has 0 radical (unpaired) electrons. The first-order chi connectivity index (χ1) is 9.91. The topological polar surface area (TPSA) is 116 Å². The Morgan fingerprint density at radius 1 is 1.24 bits per heavy atom. The monoisotopic (exact) mass is 314 g/mol. The summed E-state index contributed by atoms with van der Waals surface area (Å²) in [5.74, 6) is 0. The van der Waals surface area contributed by atoms with Crippen molar-refractivity contribution in [1.82, 2.24) is 5.32 Å². The minimum absolute atomic E-state index is 0.128. The first kappa shape index (κ1) is 16.1. The van der Waals surface area contributed by atoms with Gasteiger partial charge in [0.25, 0.3) is 0 Å². The lowest BCUT2D eigenvalue weighted by atomic mass is 9.96. The lowest BCUT2D eigenvalue weighted by Gasteiger charge is -2.39. The zero-order valence-corrected chi connectivity index (χ0v) is 11.9. The smallest absolute Gasteiger partial charge is 0.190 e. The number of benzene rings is 1. The fraction of sp³-hybridized carbons (Fsp3) is 0.462. The summed E-state index contributed by atoms with van der Waals surface area (Å²) in [5.41, 5.74) is -1.41. The second-order valence-electron chi connectivity index (χ2n) is 4.89. The molecule has 1 fully saturated rings. The van der Waals surface area contributed by atoms with Crippen LogP contribution in [0.2, 0.25) is 0 Å². The molecule has 1 aromatic carbocycles. The molecule has 2 rings (SSSR count). The Kier molecular flexibility index (Phi) is 4.77. The van der Waals surface area contributed by atoms with E-state index in [2.05, 4.69) is 5.32 Å². The molecule has 116 valence electrons. The molecule has 4 atom stereocenters. The van der Waals surface area contributed by atoms with Gasteiger partial charge in [-0.1, -0.05) is 18.2 Å². The Morgan fingerprint density at radius 2 is 1.86 bits per heavy atom. The van der Waals surface area contributed by atoms with Crippen LogP contribution in [0.3, 0.4) is 0 Å². The predicted molar refractivity (Wildman–Crippen MR) is 79.6 cm³/mol. The number of rotatable bonds is 5. The second-order valence-corrected chi connectivity index (χ2v) is 5.28. The maximum atomic E-state index is 10.7. The molecule has 1 aromatic rings. The van der Waals surface area contributed by atoms with Gasteiger partial charge in [0.15, 0.2) is 10.8 Å². The number of thiocarbonyl (C=S) groups is 1. The van der Waals surface area contributed by atoms with Gasteiger partial charge in [0.2, 0.25) is 0 Å². The van der Waals surface area contributed by atoms with Crippen molar-refractivity contribution in [3.63, 3.8) is 0 Å². The van der Waals surface area contributed by atoms with Crippen LogP contribution in [0, 0.1) is 0 Å². The van der Waals surface area contributed by atoms with Crippen LogP contribution in [-0.4, -0.2) is 67.8 Å². The summed E-state index contributed by atoms with van der Waals surface area (Å²) in [4.78, 5) is 1.28. The van der Waals surface area contributed by atoms with Gasteiger partial charge in [0.1, 0.15) is 18.3 Å². The van der Waals surface area contributed by atoms with E-state index in [1.165, 1.54) is 4.90 Å². The average Bonchev–Trinajstić information content (AvgIpc) is 2.82. The van der Waals surface area contributed by atoms with Crippen molar-refractivity contribution in [3.05, 3.63) is 30.3 Å². The minimum atomic E-state index is -1.94. The van der Waals surface area contributed by atoms with E-state index < -0.39 is 30.6 Å². The van der Waals surface area contributed by atoms with Crippen LogP contribution < -0.4 is 10.2 Å². The molecule has 0 aromatic heterocycles. The molecular formula is C13H18N2O5S. The van der Waals surface area contributed by atoms with Crippen LogP contribution in [0.1, 0.15) is 0 Å². The Morgan fingerprint density at radius 3 is 2.43 bits per heavy atom. The molecule has 6 N–H and O–H groups in total. The van der Waals surface area contributed by atoms with Gasteiger partial charge < -0.3 is 30.8 Å². The highest BCUT2D eigenvalue weighted by atomic mass is 32.1. The fourth-order valence-corrected chi connectivity index (χ4v) is 2.62. The van der Waals surface area contributed by atoms with Crippen molar-refractivity contribution >= 4 is 23.0 Å². The molecule has 0 amide bonds. The maximum Gasteiger partial charge on any atom is 0.190 e. The Balaban J connectivity index is 2.33. The highest BCUT2D eigenvalue weighted by molar-refractivity contribution is 7.80. The first-order valence-corrected chi connectivity index (χ1v) is 6.83. The van der Waals surface area contributed by atoms with Crippen molar-refractivity contribution in [1.29, 1.82) is 0 Å². The van der Waals surface area contributed by atoms with E-state index in [0.29, 0.717) is 5.69 Å². The van der Waals surface area contributed by atoms with Gasteiger partial charge in [-0.3, -0.25) is 4.90 Å². The van der Waals surface area contributed by atoms with Crippen molar-refractivity contribution in [2.45, 2.75) is 24.0 Å². The van der Waals surface area contributed by atoms with Crippen molar-refractivity contribution in [3.8, 4) is 0 Å². The molecule has 1 saturated heterocycles.